The second kappa shape index (κ2) is 5.59. The summed E-state index contributed by atoms with van der Waals surface area (Å²) in [5.41, 5.74) is 0.764. The number of para-hydroxylation sites is 1. The molecule has 4 nitrogen and oxygen atoms in total. The zero-order valence-electron chi connectivity index (χ0n) is 9.89. The van der Waals surface area contributed by atoms with Crippen LogP contribution in [0, 0.1) is 0 Å². The summed E-state index contributed by atoms with van der Waals surface area (Å²) < 4.78 is 23.9. The molecule has 100 valence electrons. The third-order valence-corrected chi connectivity index (χ3v) is 6.14. The number of halogens is 1. The molecule has 0 amide bonds. The van der Waals surface area contributed by atoms with E-state index in [1.807, 2.05) is 12.1 Å². The molecule has 1 aliphatic heterocycles. The Bertz CT molecular complexity index is 530. The summed E-state index contributed by atoms with van der Waals surface area (Å²) in [7, 11) is -2.89. The number of benzene rings is 1. The van der Waals surface area contributed by atoms with Crippen molar-refractivity contribution in [2.75, 3.05) is 12.3 Å². The molecule has 1 aromatic carbocycles. The van der Waals surface area contributed by atoms with E-state index in [1.165, 1.54) is 0 Å². The Labute approximate surface area is 115 Å². The fraction of sp³-hybridized carbons (Fsp3) is 0.500. The van der Waals surface area contributed by atoms with E-state index < -0.39 is 9.84 Å². The van der Waals surface area contributed by atoms with Crippen molar-refractivity contribution in [1.82, 2.24) is 5.32 Å². The van der Waals surface area contributed by atoms with Crippen LogP contribution in [0.5, 0.6) is 5.75 Å². The Morgan fingerprint density at radius 2 is 2.22 bits per heavy atom. The van der Waals surface area contributed by atoms with Gasteiger partial charge in [-0.15, -0.1) is 0 Å². The van der Waals surface area contributed by atoms with Gasteiger partial charge in [0.05, 0.1) is 15.5 Å². The van der Waals surface area contributed by atoms with Gasteiger partial charge in [-0.25, -0.2) is 8.42 Å². The summed E-state index contributed by atoms with van der Waals surface area (Å²) in [6.07, 6.45) is 1.50. The first-order valence-electron chi connectivity index (χ1n) is 5.89. The van der Waals surface area contributed by atoms with Crippen molar-refractivity contribution in [1.29, 1.82) is 0 Å². The zero-order valence-corrected chi connectivity index (χ0v) is 12.3. The molecule has 2 N–H and O–H groups in total. The predicted octanol–water partition coefficient (Wildman–Crippen LogP) is 1.82. The molecular formula is C12H16BrNO3S. The molecule has 2 rings (SSSR count). The molecule has 1 saturated heterocycles. The smallest absolute Gasteiger partial charge is 0.154 e. The quantitative estimate of drug-likeness (QED) is 0.882. The first kappa shape index (κ1) is 13.8. The molecule has 0 radical (unpaired) electrons. The van der Waals surface area contributed by atoms with Gasteiger partial charge in [-0.1, -0.05) is 12.1 Å². The summed E-state index contributed by atoms with van der Waals surface area (Å²) in [6, 6.07) is 5.42. The van der Waals surface area contributed by atoms with Gasteiger partial charge >= 0.3 is 0 Å². The topological polar surface area (TPSA) is 66.4 Å². The standard InChI is InChI=1S/C12H16BrNO3S/c13-11-5-1-3-9(12(11)15)7-14-8-10-4-2-6-18(10,16)17/h1,3,5,10,14-15H,2,4,6-8H2. The van der Waals surface area contributed by atoms with Crippen LogP contribution in [0.4, 0.5) is 0 Å². The Morgan fingerprint density at radius 1 is 1.44 bits per heavy atom. The monoisotopic (exact) mass is 333 g/mol. The van der Waals surface area contributed by atoms with E-state index in [0.29, 0.717) is 23.3 Å². The number of nitrogens with one attached hydrogen (secondary N) is 1. The van der Waals surface area contributed by atoms with Gasteiger partial charge in [0.1, 0.15) is 5.75 Å². The number of phenolic OH excluding ortho intramolecular Hbond substituents is 1. The highest BCUT2D eigenvalue weighted by atomic mass is 79.9. The van der Waals surface area contributed by atoms with Crippen LogP contribution in [0.25, 0.3) is 0 Å². The average Bonchev–Trinajstić information content (AvgIpc) is 2.64. The van der Waals surface area contributed by atoms with Crippen molar-refractivity contribution in [2.45, 2.75) is 24.6 Å². The van der Waals surface area contributed by atoms with Crippen molar-refractivity contribution in [3.8, 4) is 5.75 Å². The van der Waals surface area contributed by atoms with Gasteiger partial charge in [-0.05, 0) is 34.8 Å². The molecule has 0 aromatic heterocycles. The molecule has 0 spiro atoms. The lowest BCUT2D eigenvalue weighted by Crippen LogP contribution is -2.30. The number of hydrogen-bond acceptors (Lipinski definition) is 4. The molecule has 1 unspecified atom stereocenters. The minimum absolute atomic E-state index is 0.208. The second-order valence-electron chi connectivity index (χ2n) is 4.51. The summed E-state index contributed by atoms with van der Waals surface area (Å²) in [4.78, 5) is 0. The minimum Gasteiger partial charge on any atom is -0.506 e. The van der Waals surface area contributed by atoms with Crippen LogP contribution in [0.2, 0.25) is 0 Å². The van der Waals surface area contributed by atoms with Crippen molar-refractivity contribution in [3.05, 3.63) is 28.2 Å². The van der Waals surface area contributed by atoms with Gasteiger partial charge in [-0.3, -0.25) is 0 Å². The normalized spacial score (nSPS) is 22.2. The Kier molecular flexibility index (Phi) is 4.29. The maximum Gasteiger partial charge on any atom is 0.154 e. The third-order valence-electron chi connectivity index (χ3n) is 3.22. The molecule has 18 heavy (non-hydrogen) atoms. The molecule has 1 fully saturated rings. The van der Waals surface area contributed by atoms with E-state index in [1.54, 1.807) is 6.07 Å². The van der Waals surface area contributed by atoms with Crippen LogP contribution >= 0.6 is 15.9 Å². The predicted molar refractivity (Wildman–Crippen MR) is 74.3 cm³/mol. The van der Waals surface area contributed by atoms with Gasteiger partial charge in [0.15, 0.2) is 9.84 Å². The summed E-state index contributed by atoms with van der Waals surface area (Å²) in [6.45, 7) is 0.922. The van der Waals surface area contributed by atoms with Crippen LogP contribution in [-0.2, 0) is 16.4 Å². The van der Waals surface area contributed by atoms with Crippen LogP contribution in [0.15, 0.2) is 22.7 Å². The average molecular weight is 334 g/mol. The van der Waals surface area contributed by atoms with Gasteiger partial charge in [0.25, 0.3) is 0 Å². The van der Waals surface area contributed by atoms with Crippen LogP contribution in [-0.4, -0.2) is 31.1 Å². The van der Waals surface area contributed by atoms with Gasteiger partial charge in [0, 0.05) is 18.7 Å². The molecule has 1 heterocycles. The summed E-state index contributed by atoms with van der Waals surface area (Å²) >= 11 is 3.25. The number of rotatable bonds is 4. The fourth-order valence-corrected chi connectivity index (χ4v) is 4.37. The Balaban J connectivity index is 1.91. The van der Waals surface area contributed by atoms with E-state index in [0.717, 1.165) is 18.4 Å². The second-order valence-corrected chi connectivity index (χ2v) is 7.76. The molecule has 0 saturated carbocycles. The maximum atomic E-state index is 11.6. The molecule has 1 aliphatic rings. The molecule has 0 bridgehead atoms. The van der Waals surface area contributed by atoms with Crippen LogP contribution < -0.4 is 5.32 Å². The van der Waals surface area contributed by atoms with E-state index in [9.17, 15) is 13.5 Å². The molecule has 1 atom stereocenters. The van der Waals surface area contributed by atoms with Gasteiger partial charge in [0.2, 0.25) is 0 Å². The maximum absolute atomic E-state index is 11.6. The molecule has 1 aromatic rings. The third kappa shape index (κ3) is 3.05. The lowest BCUT2D eigenvalue weighted by molar-refractivity contribution is 0.460. The highest BCUT2D eigenvalue weighted by molar-refractivity contribution is 9.10. The van der Waals surface area contributed by atoms with E-state index in [-0.39, 0.29) is 11.0 Å². The van der Waals surface area contributed by atoms with Crippen molar-refractivity contribution in [3.63, 3.8) is 0 Å². The van der Waals surface area contributed by atoms with Gasteiger partial charge in [-0.2, -0.15) is 0 Å². The van der Waals surface area contributed by atoms with E-state index in [4.69, 9.17) is 0 Å². The summed E-state index contributed by atoms with van der Waals surface area (Å²) in [5.74, 6) is 0.515. The molecule has 0 aliphatic carbocycles. The lowest BCUT2D eigenvalue weighted by atomic mass is 10.2. The van der Waals surface area contributed by atoms with Crippen molar-refractivity contribution >= 4 is 25.8 Å². The number of hydrogen-bond donors (Lipinski definition) is 2. The Morgan fingerprint density at radius 3 is 2.89 bits per heavy atom. The highest BCUT2D eigenvalue weighted by Crippen LogP contribution is 2.27. The van der Waals surface area contributed by atoms with Gasteiger partial charge < -0.3 is 10.4 Å². The minimum atomic E-state index is -2.89. The number of sulfone groups is 1. The zero-order chi connectivity index (χ0) is 13.2. The summed E-state index contributed by atoms with van der Waals surface area (Å²) in [5, 5.41) is 12.6. The first-order valence-corrected chi connectivity index (χ1v) is 8.40. The van der Waals surface area contributed by atoms with E-state index >= 15 is 0 Å². The largest absolute Gasteiger partial charge is 0.506 e. The first-order chi connectivity index (χ1) is 8.50. The number of phenols is 1. The lowest BCUT2D eigenvalue weighted by Gasteiger charge is -2.12. The van der Waals surface area contributed by atoms with Crippen molar-refractivity contribution < 1.29 is 13.5 Å². The highest BCUT2D eigenvalue weighted by Gasteiger charge is 2.30. The van der Waals surface area contributed by atoms with Crippen LogP contribution in [0.1, 0.15) is 18.4 Å². The molecule has 6 heteroatoms. The number of aromatic hydroxyl groups is 1. The molecular weight excluding hydrogens is 318 g/mol. The fourth-order valence-electron chi connectivity index (χ4n) is 2.16. The Hall–Kier alpha value is -0.590. The van der Waals surface area contributed by atoms with Crippen LogP contribution in [0.3, 0.4) is 0 Å². The van der Waals surface area contributed by atoms with Crippen molar-refractivity contribution in [2.24, 2.45) is 0 Å². The van der Waals surface area contributed by atoms with E-state index in [2.05, 4.69) is 21.2 Å². The SMILES string of the molecule is O=S1(=O)CCCC1CNCc1cccc(Br)c1O.